The molecule has 18 heavy (non-hydrogen) atoms. The maximum Gasteiger partial charge on any atom is 0.0639 e. The number of anilines is 4. The molecule has 0 spiro atoms. The molecule has 7 N–H and O–H groups in total. The molecule has 0 radical (unpaired) electrons. The zero-order valence-corrected chi connectivity index (χ0v) is 10.5. The van der Waals surface area contributed by atoms with Gasteiger partial charge in [-0.2, -0.15) is 0 Å². The van der Waals surface area contributed by atoms with Crippen molar-refractivity contribution in [2.24, 2.45) is 0 Å². The lowest BCUT2D eigenvalue weighted by molar-refractivity contribution is 1.15. The molecule has 0 saturated carbocycles. The molecular formula is C13H15ClN4. The van der Waals surface area contributed by atoms with Crippen LogP contribution in [0.3, 0.4) is 0 Å². The van der Waals surface area contributed by atoms with Crippen LogP contribution in [0.2, 0.25) is 5.02 Å². The van der Waals surface area contributed by atoms with Crippen molar-refractivity contribution in [2.75, 3.05) is 22.5 Å². The summed E-state index contributed by atoms with van der Waals surface area (Å²) in [5, 5.41) is 3.81. The molecule has 4 nitrogen and oxygen atoms in total. The van der Waals surface area contributed by atoms with Crippen molar-refractivity contribution in [3.05, 3.63) is 47.0 Å². The Morgan fingerprint density at radius 1 is 0.944 bits per heavy atom. The number of nitrogens with one attached hydrogen (secondary N) is 1. The van der Waals surface area contributed by atoms with Gasteiger partial charge >= 0.3 is 0 Å². The summed E-state index contributed by atoms with van der Waals surface area (Å²) in [5.41, 5.74) is 21.0. The molecule has 0 unspecified atom stereocenters. The number of benzene rings is 2. The van der Waals surface area contributed by atoms with E-state index < -0.39 is 0 Å². The van der Waals surface area contributed by atoms with Crippen molar-refractivity contribution < 1.29 is 0 Å². The maximum absolute atomic E-state index is 6.06. The first-order chi connectivity index (χ1) is 8.56. The lowest BCUT2D eigenvalue weighted by Gasteiger charge is -2.11. The number of halogens is 1. The van der Waals surface area contributed by atoms with Crippen LogP contribution in [-0.2, 0) is 6.54 Å². The highest BCUT2D eigenvalue weighted by molar-refractivity contribution is 6.33. The molecule has 0 aliphatic rings. The highest BCUT2D eigenvalue weighted by atomic mass is 35.5. The average molecular weight is 263 g/mol. The van der Waals surface area contributed by atoms with E-state index in [2.05, 4.69) is 5.32 Å². The number of rotatable bonds is 3. The maximum atomic E-state index is 6.06. The molecule has 2 aromatic carbocycles. The van der Waals surface area contributed by atoms with Crippen LogP contribution in [0.25, 0.3) is 0 Å². The summed E-state index contributed by atoms with van der Waals surface area (Å²) in [6, 6.07) is 10.7. The van der Waals surface area contributed by atoms with Gasteiger partial charge in [-0.05, 0) is 42.0 Å². The fourth-order valence-electron chi connectivity index (χ4n) is 1.65. The first kappa shape index (κ1) is 12.4. The van der Waals surface area contributed by atoms with E-state index in [4.69, 9.17) is 28.8 Å². The second-order valence-electron chi connectivity index (χ2n) is 4.05. The summed E-state index contributed by atoms with van der Waals surface area (Å²) >= 11 is 6.06. The predicted octanol–water partition coefficient (Wildman–Crippen LogP) is 2.70. The van der Waals surface area contributed by atoms with Crippen molar-refractivity contribution in [2.45, 2.75) is 6.54 Å². The number of hydrogen-bond acceptors (Lipinski definition) is 4. The molecule has 0 heterocycles. The Bertz CT molecular complexity index is 517. The molecule has 2 aromatic rings. The second-order valence-corrected chi connectivity index (χ2v) is 4.46. The highest BCUT2D eigenvalue weighted by Gasteiger charge is 2.03. The van der Waals surface area contributed by atoms with Crippen LogP contribution in [0.5, 0.6) is 0 Å². The fourth-order valence-corrected chi connectivity index (χ4v) is 1.83. The molecule has 0 amide bonds. The van der Waals surface area contributed by atoms with Gasteiger partial charge in [0.05, 0.1) is 10.7 Å². The minimum absolute atomic E-state index is 0.542. The van der Waals surface area contributed by atoms with Crippen LogP contribution in [-0.4, -0.2) is 0 Å². The molecule has 5 heteroatoms. The standard InChI is InChI=1S/C13H15ClN4/c14-11-3-1-10(16)6-13(11)18-7-8-5-9(15)2-4-12(8)17/h1-6,18H,7,15-17H2. The minimum Gasteiger partial charge on any atom is -0.399 e. The Balaban J connectivity index is 2.16. The van der Waals surface area contributed by atoms with Gasteiger partial charge in [0, 0.05) is 23.6 Å². The Morgan fingerprint density at radius 3 is 2.39 bits per heavy atom. The van der Waals surface area contributed by atoms with Crippen LogP contribution >= 0.6 is 11.6 Å². The molecule has 0 aliphatic heterocycles. The number of nitrogens with two attached hydrogens (primary N) is 3. The number of nitrogen functional groups attached to an aromatic ring is 3. The van der Waals surface area contributed by atoms with Crippen molar-refractivity contribution in [3.8, 4) is 0 Å². The minimum atomic E-state index is 0.542. The zero-order valence-electron chi connectivity index (χ0n) is 9.78. The fraction of sp³-hybridized carbons (Fsp3) is 0.0769. The van der Waals surface area contributed by atoms with Gasteiger partial charge in [0.15, 0.2) is 0 Å². The smallest absolute Gasteiger partial charge is 0.0639 e. The van der Waals surface area contributed by atoms with E-state index >= 15 is 0 Å². The Morgan fingerprint density at radius 2 is 1.61 bits per heavy atom. The molecule has 0 bridgehead atoms. The van der Waals surface area contributed by atoms with E-state index in [9.17, 15) is 0 Å². The molecule has 94 valence electrons. The molecule has 2 rings (SSSR count). The van der Waals surface area contributed by atoms with Crippen molar-refractivity contribution in [1.29, 1.82) is 0 Å². The second kappa shape index (κ2) is 5.06. The molecule has 0 aliphatic carbocycles. The average Bonchev–Trinajstić information content (AvgIpc) is 2.34. The van der Waals surface area contributed by atoms with E-state index in [1.54, 1.807) is 30.3 Å². The normalized spacial score (nSPS) is 10.3. The third-order valence-corrected chi connectivity index (χ3v) is 2.96. The zero-order chi connectivity index (χ0) is 13.1. The molecular weight excluding hydrogens is 248 g/mol. The summed E-state index contributed by atoms with van der Waals surface area (Å²) in [4.78, 5) is 0. The van der Waals surface area contributed by atoms with E-state index in [-0.39, 0.29) is 0 Å². The lowest BCUT2D eigenvalue weighted by atomic mass is 10.1. The van der Waals surface area contributed by atoms with Crippen LogP contribution < -0.4 is 22.5 Å². The number of hydrogen-bond donors (Lipinski definition) is 4. The van der Waals surface area contributed by atoms with Crippen molar-refractivity contribution in [3.63, 3.8) is 0 Å². The lowest BCUT2D eigenvalue weighted by Crippen LogP contribution is -2.04. The quantitative estimate of drug-likeness (QED) is 0.640. The SMILES string of the molecule is Nc1ccc(N)c(CNc2cc(N)ccc2Cl)c1. The molecule has 0 atom stereocenters. The topological polar surface area (TPSA) is 90.1 Å². The summed E-state index contributed by atoms with van der Waals surface area (Å²) < 4.78 is 0. The third-order valence-electron chi connectivity index (χ3n) is 2.63. The monoisotopic (exact) mass is 262 g/mol. The van der Waals surface area contributed by atoms with Gasteiger partial charge in [-0.1, -0.05) is 11.6 Å². The van der Waals surface area contributed by atoms with E-state index in [1.807, 2.05) is 6.07 Å². The van der Waals surface area contributed by atoms with Crippen molar-refractivity contribution >= 4 is 34.4 Å². The van der Waals surface area contributed by atoms with Gasteiger partial charge in [-0.15, -0.1) is 0 Å². The Kier molecular flexibility index (Phi) is 3.48. The predicted molar refractivity (Wildman–Crippen MR) is 78.5 cm³/mol. The van der Waals surface area contributed by atoms with Gasteiger partial charge in [0.1, 0.15) is 0 Å². The molecule has 0 saturated heterocycles. The van der Waals surface area contributed by atoms with Crippen LogP contribution in [0.15, 0.2) is 36.4 Å². The van der Waals surface area contributed by atoms with Gasteiger partial charge < -0.3 is 22.5 Å². The summed E-state index contributed by atoms with van der Waals surface area (Å²) in [7, 11) is 0. The van der Waals surface area contributed by atoms with Crippen LogP contribution in [0.4, 0.5) is 22.7 Å². The highest BCUT2D eigenvalue weighted by Crippen LogP contribution is 2.25. The first-order valence-corrected chi connectivity index (χ1v) is 5.87. The van der Waals surface area contributed by atoms with Crippen LogP contribution in [0.1, 0.15) is 5.56 Å². The summed E-state index contributed by atoms with van der Waals surface area (Å²) in [6.07, 6.45) is 0. The van der Waals surface area contributed by atoms with Crippen molar-refractivity contribution in [1.82, 2.24) is 0 Å². The van der Waals surface area contributed by atoms with E-state index in [0.717, 1.165) is 11.3 Å². The van der Waals surface area contributed by atoms with Gasteiger partial charge in [-0.3, -0.25) is 0 Å². The summed E-state index contributed by atoms with van der Waals surface area (Å²) in [6.45, 7) is 0.542. The first-order valence-electron chi connectivity index (χ1n) is 5.49. The Labute approximate surface area is 111 Å². The van der Waals surface area contributed by atoms with Gasteiger partial charge in [0.25, 0.3) is 0 Å². The van der Waals surface area contributed by atoms with Crippen LogP contribution in [0, 0.1) is 0 Å². The third kappa shape index (κ3) is 2.78. The largest absolute Gasteiger partial charge is 0.399 e. The van der Waals surface area contributed by atoms with Gasteiger partial charge in [0.2, 0.25) is 0 Å². The molecule has 0 aromatic heterocycles. The van der Waals surface area contributed by atoms with E-state index in [0.29, 0.717) is 28.6 Å². The summed E-state index contributed by atoms with van der Waals surface area (Å²) in [5.74, 6) is 0. The molecule has 0 fully saturated rings. The van der Waals surface area contributed by atoms with Gasteiger partial charge in [-0.25, -0.2) is 0 Å². The van der Waals surface area contributed by atoms with E-state index in [1.165, 1.54) is 0 Å². The Hall–Kier alpha value is -2.07.